The number of hydrogen-bond acceptors (Lipinski definition) is 5. The van der Waals surface area contributed by atoms with Gasteiger partial charge in [-0.3, -0.25) is 4.79 Å². The highest BCUT2D eigenvalue weighted by Crippen LogP contribution is 2.39. The van der Waals surface area contributed by atoms with Gasteiger partial charge < -0.3 is 14.6 Å². The summed E-state index contributed by atoms with van der Waals surface area (Å²) in [4.78, 5) is 16.7. The minimum absolute atomic E-state index is 0.0861. The number of hydrogen-bond donors (Lipinski definition) is 1. The fourth-order valence-electron chi connectivity index (χ4n) is 3.21. The molecular weight excluding hydrogens is 286 g/mol. The second-order valence-corrected chi connectivity index (χ2v) is 6.55. The molecule has 1 N–H and O–H groups in total. The lowest BCUT2D eigenvalue weighted by Crippen LogP contribution is -2.54. The number of carbonyl (C=O) groups excluding carboxylic acids is 1. The average molecular weight is 311 g/mol. The van der Waals surface area contributed by atoms with Crippen LogP contribution < -0.4 is 5.32 Å². The molecule has 0 spiro atoms. The number of imidazole rings is 1. The summed E-state index contributed by atoms with van der Waals surface area (Å²) in [5.74, 6) is 1.23. The summed E-state index contributed by atoms with van der Waals surface area (Å²) in [6, 6.07) is 0. The smallest absolute Gasteiger partial charge is 0.326 e. The molecule has 1 heterocycles. The summed E-state index contributed by atoms with van der Waals surface area (Å²) in [6.07, 6.45) is 7.80. The Bertz CT molecular complexity index is 477. The minimum Gasteiger partial charge on any atom is -0.465 e. The highest BCUT2D eigenvalue weighted by atomic mass is 32.2. The van der Waals surface area contributed by atoms with Crippen molar-refractivity contribution in [3.05, 3.63) is 12.4 Å². The summed E-state index contributed by atoms with van der Waals surface area (Å²) in [7, 11) is 3.88. The van der Waals surface area contributed by atoms with Gasteiger partial charge in [0, 0.05) is 25.2 Å². The molecule has 21 heavy (non-hydrogen) atoms. The molecule has 2 rings (SSSR count). The van der Waals surface area contributed by atoms with Gasteiger partial charge in [-0.05, 0) is 39.2 Å². The van der Waals surface area contributed by atoms with Gasteiger partial charge in [0.2, 0.25) is 0 Å². The van der Waals surface area contributed by atoms with E-state index in [2.05, 4.69) is 10.3 Å². The van der Waals surface area contributed by atoms with Crippen LogP contribution in [-0.2, 0) is 16.6 Å². The Balaban J connectivity index is 1.94. The number of nitrogens with one attached hydrogen (secondary N) is 1. The predicted octanol–water partition coefficient (Wildman–Crippen LogP) is 2.22. The van der Waals surface area contributed by atoms with Crippen LogP contribution in [0.2, 0.25) is 0 Å². The van der Waals surface area contributed by atoms with Gasteiger partial charge in [-0.15, -0.1) is 0 Å². The molecule has 118 valence electrons. The molecule has 0 saturated heterocycles. The van der Waals surface area contributed by atoms with E-state index < -0.39 is 5.54 Å². The topological polar surface area (TPSA) is 56.1 Å². The Morgan fingerprint density at radius 2 is 2.48 bits per heavy atom. The number of aryl methyl sites for hydroxylation is 1. The molecule has 1 aliphatic carbocycles. The van der Waals surface area contributed by atoms with Crippen LogP contribution in [0.4, 0.5) is 0 Å². The van der Waals surface area contributed by atoms with Crippen LogP contribution in [0.15, 0.2) is 17.6 Å². The Kier molecular flexibility index (Phi) is 5.70. The van der Waals surface area contributed by atoms with Crippen LogP contribution in [0.25, 0.3) is 0 Å². The van der Waals surface area contributed by atoms with Crippen molar-refractivity contribution in [1.82, 2.24) is 14.9 Å². The molecule has 0 aliphatic heterocycles. The number of likely N-dealkylation sites (N-methyl/N-ethyl adjacent to an activating group) is 1. The first kappa shape index (κ1) is 16.4. The summed E-state index contributed by atoms with van der Waals surface area (Å²) in [5.41, 5.74) is -0.488. The molecule has 0 bridgehead atoms. The summed E-state index contributed by atoms with van der Waals surface area (Å²) in [5, 5.41) is 4.29. The number of thioether (sulfide) groups is 1. The van der Waals surface area contributed by atoms with E-state index in [0.29, 0.717) is 12.5 Å². The van der Waals surface area contributed by atoms with Crippen molar-refractivity contribution in [3.63, 3.8) is 0 Å². The number of rotatable bonds is 7. The lowest BCUT2D eigenvalue weighted by molar-refractivity contribution is -0.152. The van der Waals surface area contributed by atoms with Crippen molar-refractivity contribution in [1.29, 1.82) is 0 Å². The molecule has 6 heteroatoms. The minimum atomic E-state index is -0.488. The van der Waals surface area contributed by atoms with E-state index in [9.17, 15) is 4.79 Å². The van der Waals surface area contributed by atoms with E-state index in [0.717, 1.165) is 36.6 Å². The molecular formula is C15H25N3O2S. The highest BCUT2D eigenvalue weighted by Gasteiger charge is 2.48. The molecule has 1 aromatic rings. The largest absolute Gasteiger partial charge is 0.465 e. The third-order valence-electron chi connectivity index (χ3n) is 4.38. The summed E-state index contributed by atoms with van der Waals surface area (Å²) < 4.78 is 7.32. The molecule has 2 atom stereocenters. The van der Waals surface area contributed by atoms with Crippen molar-refractivity contribution in [3.8, 4) is 0 Å². The average Bonchev–Trinajstić information content (AvgIpc) is 3.07. The van der Waals surface area contributed by atoms with Gasteiger partial charge >= 0.3 is 5.97 Å². The second kappa shape index (κ2) is 7.31. The standard InChI is InChI=1S/C15H25N3O2S/c1-4-20-13(19)15(16-2)8-5-6-12(15)7-11-21-14-17-9-10-18(14)3/h9-10,12,16H,4-8,11H2,1-3H3. The van der Waals surface area contributed by atoms with Gasteiger partial charge in [0.25, 0.3) is 0 Å². The van der Waals surface area contributed by atoms with Crippen LogP contribution in [0.5, 0.6) is 0 Å². The maximum absolute atomic E-state index is 12.3. The van der Waals surface area contributed by atoms with Crippen LogP contribution >= 0.6 is 11.8 Å². The van der Waals surface area contributed by atoms with Crippen LogP contribution in [0.3, 0.4) is 0 Å². The zero-order chi connectivity index (χ0) is 15.3. The zero-order valence-corrected chi connectivity index (χ0v) is 13.9. The summed E-state index contributed by atoms with van der Waals surface area (Å²) >= 11 is 1.75. The monoisotopic (exact) mass is 311 g/mol. The number of ether oxygens (including phenoxy) is 1. The Morgan fingerprint density at radius 3 is 3.10 bits per heavy atom. The van der Waals surface area contributed by atoms with Crippen LogP contribution in [0.1, 0.15) is 32.6 Å². The van der Waals surface area contributed by atoms with Gasteiger partial charge in [0.1, 0.15) is 5.54 Å². The first-order valence-electron chi connectivity index (χ1n) is 7.60. The second-order valence-electron chi connectivity index (χ2n) is 5.49. The third kappa shape index (κ3) is 3.43. The van der Waals surface area contributed by atoms with Gasteiger partial charge in [-0.2, -0.15) is 0 Å². The molecule has 1 aromatic heterocycles. The SMILES string of the molecule is CCOC(=O)C1(NC)CCCC1CCSc1nccn1C. The Labute approximate surface area is 130 Å². The molecule has 0 amide bonds. The normalized spacial score (nSPS) is 25.2. The van der Waals surface area contributed by atoms with Crippen LogP contribution in [-0.4, -0.2) is 40.5 Å². The van der Waals surface area contributed by atoms with Crippen molar-refractivity contribution in [2.24, 2.45) is 13.0 Å². The van der Waals surface area contributed by atoms with Crippen LogP contribution in [0, 0.1) is 5.92 Å². The van der Waals surface area contributed by atoms with Gasteiger partial charge in [-0.1, -0.05) is 18.2 Å². The maximum atomic E-state index is 12.3. The Morgan fingerprint density at radius 1 is 1.67 bits per heavy atom. The first-order chi connectivity index (χ1) is 10.1. The van der Waals surface area contributed by atoms with E-state index in [1.165, 1.54) is 0 Å². The molecule has 5 nitrogen and oxygen atoms in total. The molecule has 1 aliphatic rings. The van der Waals surface area contributed by atoms with Crippen molar-refractivity contribution >= 4 is 17.7 Å². The Hall–Kier alpha value is -1.01. The fourth-order valence-corrected chi connectivity index (χ4v) is 4.20. The molecule has 0 aromatic carbocycles. The van der Waals surface area contributed by atoms with E-state index in [-0.39, 0.29) is 5.97 Å². The maximum Gasteiger partial charge on any atom is 0.326 e. The quantitative estimate of drug-likeness (QED) is 0.618. The number of nitrogens with zero attached hydrogens (tertiary/aromatic N) is 2. The number of esters is 1. The lowest BCUT2D eigenvalue weighted by Gasteiger charge is -2.32. The number of carbonyl (C=O) groups is 1. The van der Waals surface area contributed by atoms with Crippen molar-refractivity contribution in [2.45, 2.75) is 43.3 Å². The fraction of sp³-hybridized carbons (Fsp3) is 0.733. The zero-order valence-electron chi connectivity index (χ0n) is 13.1. The molecule has 0 radical (unpaired) electrons. The third-order valence-corrected chi connectivity index (χ3v) is 5.47. The van der Waals surface area contributed by atoms with E-state index in [1.54, 1.807) is 11.8 Å². The van der Waals surface area contributed by atoms with E-state index in [1.807, 2.05) is 38.0 Å². The van der Waals surface area contributed by atoms with E-state index >= 15 is 0 Å². The van der Waals surface area contributed by atoms with Gasteiger partial charge in [0.05, 0.1) is 6.61 Å². The van der Waals surface area contributed by atoms with Crippen molar-refractivity contribution < 1.29 is 9.53 Å². The molecule has 1 saturated carbocycles. The lowest BCUT2D eigenvalue weighted by atomic mass is 9.85. The van der Waals surface area contributed by atoms with E-state index in [4.69, 9.17) is 4.74 Å². The predicted molar refractivity (Wildman–Crippen MR) is 84.3 cm³/mol. The van der Waals surface area contributed by atoms with Crippen molar-refractivity contribution in [2.75, 3.05) is 19.4 Å². The number of aromatic nitrogens is 2. The molecule has 1 fully saturated rings. The van der Waals surface area contributed by atoms with Gasteiger partial charge in [0.15, 0.2) is 5.16 Å². The highest BCUT2D eigenvalue weighted by molar-refractivity contribution is 7.99. The van der Waals surface area contributed by atoms with Gasteiger partial charge in [-0.25, -0.2) is 4.98 Å². The summed E-state index contributed by atoms with van der Waals surface area (Å²) in [6.45, 7) is 2.30. The molecule has 2 unspecified atom stereocenters. The first-order valence-corrected chi connectivity index (χ1v) is 8.59.